The highest BCUT2D eigenvalue weighted by Gasteiger charge is 2.35. The molecule has 4 atom stereocenters. The van der Waals surface area contributed by atoms with E-state index in [0.717, 1.165) is 36.3 Å². The van der Waals surface area contributed by atoms with Crippen LogP contribution in [0.1, 0.15) is 79.3 Å². The minimum atomic E-state index is -0.882. The van der Waals surface area contributed by atoms with Gasteiger partial charge in [0.2, 0.25) is 0 Å². The maximum absolute atomic E-state index is 14.9. The fourth-order valence-corrected chi connectivity index (χ4v) is 5.83. The van der Waals surface area contributed by atoms with E-state index in [1.165, 1.54) is 49.9 Å². The number of hydrogen-bond donors (Lipinski definition) is 0. The molecule has 0 spiro atoms. The van der Waals surface area contributed by atoms with Crippen LogP contribution in [0.25, 0.3) is 0 Å². The highest BCUT2D eigenvalue weighted by atomic mass is 19.1. The van der Waals surface area contributed by atoms with Gasteiger partial charge in [0.25, 0.3) is 0 Å². The van der Waals surface area contributed by atoms with E-state index in [1.807, 2.05) is 6.07 Å². The normalized spacial score (nSPS) is 24.6. The SMILES string of the molecule is C=CCCc1ccc(OC(=O)c2ccc(C3CCC4CC(/C=C/C)CCC4C3)cc2F)c(F)c1. The van der Waals surface area contributed by atoms with Crippen molar-refractivity contribution in [2.45, 2.75) is 64.2 Å². The first-order chi connectivity index (χ1) is 16.5. The molecule has 0 heterocycles. The zero-order valence-corrected chi connectivity index (χ0v) is 19.9. The Bertz CT molecular complexity index is 1060. The minimum absolute atomic E-state index is 0.167. The molecule has 2 nitrogen and oxygen atoms in total. The summed E-state index contributed by atoms with van der Waals surface area (Å²) in [6.45, 7) is 5.75. The molecule has 0 saturated heterocycles. The Kier molecular flexibility index (Phi) is 7.97. The van der Waals surface area contributed by atoms with Gasteiger partial charge in [0.15, 0.2) is 11.6 Å². The lowest BCUT2D eigenvalue weighted by Gasteiger charge is -2.41. The first kappa shape index (κ1) is 24.4. The van der Waals surface area contributed by atoms with E-state index >= 15 is 0 Å². The van der Waals surface area contributed by atoms with Crippen LogP contribution in [0, 0.1) is 29.4 Å². The van der Waals surface area contributed by atoms with Crippen LogP contribution in [0.3, 0.4) is 0 Å². The Morgan fingerprint density at radius 1 is 1.03 bits per heavy atom. The molecular formula is C30H34F2O2. The van der Waals surface area contributed by atoms with Crippen LogP contribution in [-0.4, -0.2) is 5.97 Å². The average molecular weight is 465 g/mol. The van der Waals surface area contributed by atoms with Crippen molar-refractivity contribution in [2.24, 2.45) is 17.8 Å². The van der Waals surface area contributed by atoms with Gasteiger partial charge in [0.05, 0.1) is 5.56 Å². The minimum Gasteiger partial charge on any atom is -0.420 e. The van der Waals surface area contributed by atoms with Crippen LogP contribution in [0.4, 0.5) is 8.78 Å². The number of rotatable bonds is 7. The monoisotopic (exact) mass is 464 g/mol. The number of benzene rings is 2. The molecule has 2 aliphatic rings. The van der Waals surface area contributed by atoms with Crippen molar-refractivity contribution >= 4 is 5.97 Å². The van der Waals surface area contributed by atoms with Gasteiger partial charge >= 0.3 is 5.97 Å². The van der Waals surface area contributed by atoms with Gasteiger partial charge in [-0.15, -0.1) is 6.58 Å². The molecule has 34 heavy (non-hydrogen) atoms. The van der Waals surface area contributed by atoms with E-state index in [9.17, 15) is 13.6 Å². The first-order valence-corrected chi connectivity index (χ1v) is 12.5. The molecule has 0 aliphatic heterocycles. The third kappa shape index (κ3) is 5.65. The van der Waals surface area contributed by atoms with Gasteiger partial charge in [0, 0.05) is 0 Å². The van der Waals surface area contributed by atoms with Crippen LogP contribution < -0.4 is 4.74 Å². The summed E-state index contributed by atoms with van der Waals surface area (Å²) in [7, 11) is 0. The molecule has 2 saturated carbocycles. The Balaban J connectivity index is 1.40. The van der Waals surface area contributed by atoms with Crippen LogP contribution in [0.15, 0.2) is 61.2 Å². The largest absolute Gasteiger partial charge is 0.420 e. The average Bonchev–Trinajstić information content (AvgIpc) is 2.84. The molecule has 0 aromatic heterocycles. The highest BCUT2D eigenvalue weighted by Crippen LogP contribution is 2.48. The molecule has 0 radical (unpaired) electrons. The Morgan fingerprint density at radius 2 is 1.82 bits per heavy atom. The maximum Gasteiger partial charge on any atom is 0.346 e. The predicted molar refractivity (Wildman–Crippen MR) is 132 cm³/mol. The molecule has 0 N–H and O–H groups in total. The number of carbonyl (C=O) groups is 1. The van der Waals surface area contributed by atoms with E-state index in [1.54, 1.807) is 12.1 Å². The molecule has 180 valence electrons. The molecule has 2 aliphatic carbocycles. The Morgan fingerprint density at radius 3 is 2.56 bits per heavy atom. The van der Waals surface area contributed by atoms with Crippen LogP contribution in [-0.2, 0) is 6.42 Å². The van der Waals surface area contributed by atoms with Crippen molar-refractivity contribution in [1.29, 1.82) is 0 Å². The van der Waals surface area contributed by atoms with Gasteiger partial charge < -0.3 is 4.74 Å². The van der Waals surface area contributed by atoms with Crippen molar-refractivity contribution < 1.29 is 18.3 Å². The third-order valence-electron chi connectivity index (χ3n) is 7.64. The Hall–Kier alpha value is -2.75. The molecule has 4 rings (SSSR count). The van der Waals surface area contributed by atoms with Crippen LogP contribution in [0.5, 0.6) is 5.75 Å². The van der Waals surface area contributed by atoms with Gasteiger partial charge in [-0.25, -0.2) is 13.6 Å². The van der Waals surface area contributed by atoms with Gasteiger partial charge in [0.1, 0.15) is 5.82 Å². The van der Waals surface area contributed by atoms with Gasteiger partial charge in [-0.1, -0.05) is 30.4 Å². The zero-order chi connectivity index (χ0) is 24.1. The standard InChI is InChI=1S/C30H34F2O2/c1-3-5-7-21-9-15-29(28(32)17-21)34-30(33)26-14-13-25(19-27(26)31)24-12-11-22-16-20(6-4-2)8-10-23(22)18-24/h3-4,6,9,13-15,17,19-20,22-24H,1,5,7-8,10-12,16,18H2,2H3/b6-4+. The number of halogens is 2. The highest BCUT2D eigenvalue weighted by molar-refractivity contribution is 5.91. The first-order valence-electron chi connectivity index (χ1n) is 12.5. The molecule has 2 fully saturated rings. The van der Waals surface area contributed by atoms with Crippen molar-refractivity contribution in [2.75, 3.05) is 0 Å². The lowest BCUT2D eigenvalue weighted by molar-refractivity contribution is 0.0723. The maximum atomic E-state index is 14.9. The van der Waals surface area contributed by atoms with E-state index < -0.39 is 17.6 Å². The molecular weight excluding hydrogens is 430 g/mol. The van der Waals surface area contributed by atoms with Crippen molar-refractivity contribution in [3.63, 3.8) is 0 Å². The van der Waals surface area contributed by atoms with Crippen LogP contribution >= 0.6 is 0 Å². The number of carbonyl (C=O) groups excluding carboxylic acids is 1. The number of allylic oxidation sites excluding steroid dienone is 3. The topological polar surface area (TPSA) is 26.3 Å². The lowest BCUT2D eigenvalue weighted by Crippen LogP contribution is -2.30. The fraction of sp³-hybridized carbons (Fsp3) is 0.433. The number of aryl methyl sites for hydroxylation is 1. The molecule has 0 amide bonds. The molecule has 0 bridgehead atoms. The summed E-state index contributed by atoms with van der Waals surface area (Å²) in [6.07, 6.45) is 14.7. The Labute approximate surface area is 201 Å². The number of hydrogen-bond acceptors (Lipinski definition) is 2. The predicted octanol–water partition coefficient (Wildman–Crippen LogP) is 8.18. The van der Waals surface area contributed by atoms with Gasteiger partial charge in [-0.05, 0) is 117 Å². The van der Waals surface area contributed by atoms with Crippen LogP contribution in [0.2, 0.25) is 0 Å². The second kappa shape index (κ2) is 11.1. The van der Waals surface area contributed by atoms with Crippen molar-refractivity contribution in [1.82, 2.24) is 0 Å². The molecule has 2 aromatic rings. The van der Waals surface area contributed by atoms with Crippen molar-refractivity contribution in [3.05, 3.63) is 89.5 Å². The van der Waals surface area contributed by atoms with Gasteiger partial charge in [-0.3, -0.25) is 0 Å². The van der Waals surface area contributed by atoms with E-state index in [0.29, 0.717) is 24.2 Å². The van der Waals surface area contributed by atoms with E-state index in [-0.39, 0.29) is 11.3 Å². The van der Waals surface area contributed by atoms with Gasteiger partial charge in [-0.2, -0.15) is 0 Å². The summed E-state index contributed by atoms with van der Waals surface area (Å²) in [5, 5.41) is 0. The zero-order valence-electron chi connectivity index (χ0n) is 19.9. The quantitative estimate of drug-likeness (QED) is 0.235. The lowest BCUT2D eigenvalue weighted by atomic mass is 9.64. The fourth-order valence-electron chi connectivity index (χ4n) is 5.83. The summed E-state index contributed by atoms with van der Waals surface area (Å²) < 4.78 is 34.5. The summed E-state index contributed by atoms with van der Waals surface area (Å²) in [4.78, 5) is 12.6. The number of fused-ring (bicyclic) bond motifs is 1. The smallest absolute Gasteiger partial charge is 0.346 e. The van der Waals surface area contributed by atoms with Crippen molar-refractivity contribution in [3.8, 4) is 5.75 Å². The summed E-state index contributed by atoms with van der Waals surface area (Å²) in [6, 6.07) is 9.26. The summed E-state index contributed by atoms with van der Waals surface area (Å²) in [5.41, 5.74) is 1.57. The molecule has 4 heteroatoms. The summed E-state index contributed by atoms with van der Waals surface area (Å²) >= 11 is 0. The second-order valence-electron chi connectivity index (χ2n) is 9.85. The number of ether oxygens (including phenoxy) is 1. The third-order valence-corrected chi connectivity index (χ3v) is 7.64. The summed E-state index contributed by atoms with van der Waals surface area (Å²) in [5.74, 6) is 0.180. The molecule has 2 aromatic carbocycles. The molecule has 4 unspecified atom stereocenters. The van der Waals surface area contributed by atoms with E-state index in [4.69, 9.17) is 4.74 Å². The number of esters is 1. The van der Waals surface area contributed by atoms with E-state index in [2.05, 4.69) is 25.7 Å². The second-order valence-corrected chi connectivity index (χ2v) is 9.85.